The van der Waals surface area contributed by atoms with Crippen LogP contribution >= 0.6 is 0 Å². The summed E-state index contributed by atoms with van der Waals surface area (Å²) < 4.78 is 0. The van der Waals surface area contributed by atoms with Gasteiger partial charge in [-0.05, 0) is 13.3 Å². The van der Waals surface area contributed by atoms with E-state index in [1.165, 1.54) is 4.90 Å². The molecule has 0 aromatic carbocycles. The minimum absolute atomic E-state index is 0.137. The maximum Gasteiger partial charge on any atom is 0.244 e. The van der Waals surface area contributed by atoms with E-state index < -0.39 is 12.1 Å². The summed E-state index contributed by atoms with van der Waals surface area (Å²) in [4.78, 5) is 24.1. The number of likely N-dealkylation sites (N-methyl/N-ethyl adjacent to an activating group) is 1. The van der Waals surface area contributed by atoms with E-state index in [-0.39, 0.29) is 11.8 Å². The number of nitrogens with two attached hydrogens (primary N) is 1. The van der Waals surface area contributed by atoms with Crippen molar-refractivity contribution in [1.29, 1.82) is 0 Å². The van der Waals surface area contributed by atoms with Gasteiger partial charge < -0.3 is 16.0 Å². The Balaban J connectivity index is 4.12. The molecule has 0 aromatic heterocycles. The second-order valence-electron chi connectivity index (χ2n) is 3.48. The quantitative estimate of drug-likeness (QED) is 0.632. The SMILES string of the molecule is CCC(N)C(=O)NC(C)C(=O)N(C)C. The molecule has 2 amide bonds. The maximum atomic E-state index is 11.4. The molecule has 2 atom stereocenters. The Hall–Kier alpha value is -1.10. The number of rotatable bonds is 4. The molecule has 0 radical (unpaired) electrons. The van der Waals surface area contributed by atoms with Crippen LogP contribution in [0.3, 0.4) is 0 Å². The maximum absolute atomic E-state index is 11.4. The minimum Gasteiger partial charge on any atom is -0.347 e. The third-order valence-electron chi connectivity index (χ3n) is 1.95. The molecule has 0 aliphatic rings. The van der Waals surface area contributed by atoms with Gasteiger partial charge in [-0.3, -0.25) is 9.59 Å². The number of nitrogens with zero attached hydrogens (tertiary/aromatic N) is 1. The van der Waals surface area contributed by atoms with Crippen LogP contribution in [-0.4, -0.2) is 42.9 Å². The van der Waals surface area contributed by atoms with E-state index in [9.17, 15) is 9.59 Å². The summed E-state index contributed by atoms with van der Waals surface area (Å²) in [6, 6.07) is -1.05. The Morgan fingerprint density at radius 1 is 1.43 bits per heavy atom. The van der Waals surface area contributed by atoms with Crippen LogP contribution in [0.2, 0.25) is 0 Å². The first-order valence-corrected chi connectivity index (χ1v) is 4.67. The second kappa shape index (κ2) is 5.59. The molecule has 14 heavy (non-hydrogen) atoms. The average molecular weight is 201 g/mol. The number of amides is 2. The number of carbonyl (C=O) groups excluding carboxylic acids is 2. The fraction of sp³-hybridized carbons (Fsp3) is 0.778. The van der Waals surface area contributed by atoms with Crippen LogP contribution in [0.1, 0.15) is 20.3 Å². The first kappa shape index (κ1) is 12.9. The molecule has 0 heterocycles. The zero-order chi connectivity index (χ0) is 11.3. The average Bonchev–Trinajstić information content (AvgIpc) is 2.14. The van der Waals surface area contributed by atoms with Crippen molar-refractivity contribution < 1.29 is 9.59 Å². The fourth-order valence-electron chi connectivity index (χ4n) is 0.955. The lowest BCUT2D eigenvalue weighted by molar-refractivity contribution is -0.134. The molecule has 0 saturated carbocycles. The van der Waals surface area contributed by atoms with Gasteiger partial charge >= 0.3 is 0 Å². The van der Waals surface area contributed by atoms with Crippen LogP contribution in [0.4, 0.5) is 0 Å². The Kier molecular flexibility index (Phi) is 5.15. The zero-order valence-electron chi connectivity index (χ0n) is 9.20. The highest BCUT2D eigenvalue weighted by molar-refractivity contribution is 5.89. The van der Waals surface area contributed by atoms with Gasteiger partial charge in [0.15, 0.2) is 0 Å². The van der Waals surface area contributed by atoms with Gasteiger partial charge in [0.05, 0.1) is 6.04 Å². The van der Waals surface area contributed by atoms with Crippen molar-refractivity contribution in [2.24, 2.45) is 5.73 Å². The minimum atomic E-state index is -0.535. The molecule has 82 valence electrons. The lowest BCUT2D eigenvalue weighted by Crippen LogP contribution is -2.49. The predicted molar refractivity (Wildman–Crippen MR) is 54.6 cm³/mol. The summed E-state index contributed by atoms with van der Waals surface area (Å²) in [7, 11) is 3.29. The molecule has 5 heteroatoms. The van der Waals surface area contributed by atoms with Gasteiger partial charge in [0.2, 0.25) is 11.8 Å². The predicted octanol–water partition coefficient (Wildman–Crippen LogP) is -0.683. The Bertz CT molecular complexity index is 216. The lowest BCUT2D eigenvalue weighted by Gasteiger charge is -2.19. The van der Waals surface area contributed by atoms with Crippen molar-refractivity contribution in [2.45, 2.75) is 32.4 Å². The highest BCUT2D eigenvalue weighted by Crippen LogP contribution is 1.92. The summed E-state index contributed by atoms with van der Waals surface area (Å²) in [6.07, 6.45) is 0.564. The van der Waals surface area contributed by atoms with Crippen molar-refractivity contribution >= 4 is 11.8 Å². The second-order valence-corrected chi connectivity index (χ2v) is 3.48. The zero-order valence-corrected chi connectivity index (χ0v) is 9.20. The van der Waals surface area contributed by atoms with Crippen molar-refractivity contribution in [3.8, 4) is 0 Å². The first-order valence-electron chi connectivity index (χ1n) is 4.67. The highest BCUT2D eigenvalue weighted by Gasteiger charge is 2.19. The Morgan fingerprint density at radius 2 is 1.93 bits per heavy atom. The number of hydrogen-bond acceptors (Lipinski definition) is 3. The van der Waals surface area contributed by atoms with E-state index in [1.54, 1.807) is 21.0 Å². The highest BCUT2D eigenvalue weighted by atomic mass is 16.2. The third kappa shape index (κ3) is 3.74. The molecule has 2 unspecified atom stereocenters. The summed E-state index contributed by atoms with van der Waals surface area (Å²) >= 11 is 0. The molecule has 0 aromatic rings. The summed E-state index contributed by atoms with van der Waals surface area (Å²) in [5, 5.41) is 2.56. The van der Waals surface area contributed by atoms with Crippen LogP contribution in [0.5, 0.6) is 0 Å². The van der Waals surface area contributed by atoms with Crippen LogP contribution < -0.4 is 11.1 Å². The van der Waals surface area contributed by atoms with E-state index in [4.69, 9.17) is 5.73 Å². The monoisotopic (exact) mass is 201 g/mol. The Morgan fingerprint density at radius 3 is 2.29 bits per heavy atom. The number of carbonyl (C=O) groups is 2. The molecule has 0 rings (SSSR count). The van der Waals surface area contributed by atoms with Crippen LogP contribution in [0.15, 0.2) is 0 Å². The standard InChI is InChI=1S/C9H19N3O2/c1-5-7(10)8(13)11-6(2)9(14)12(3)4/h6-7H,5,10H2,1-4H3,(H,11,13). The van der Waals surface area contributed by atoms with Crippen molar-refractivity contribution in [2.75, 3.05) is 14.1 Å². The molecule has 0 bridgehead atoms. The van der Waals surface area contributed by atoms with Crippen LogP contribution in [0.25, 0.3) is 0 Å². The van der Waals surface area contributed by atoms with Gasteiger partial charge in [0.25, 0.3) is 0 Å². The molecular weight excluding hydrogens is 182 g/mol. The van der Waals surface area contributed by atoms with Gasteiger partial charge in [-0.25, -0.2) is 0 Å². The molecule has 0 saturated heterocycles. The number of nitrogens with one attached hydrogen (secondary N) is 1. The lowest BCUT2D eigenvalue weighted by atomic mass is 10.2. The molecule has 0 aliphatic carbocycles. The Labute approximate surface area is 84.6 Å². The van der Waals surface area contributed by atoms with Crippen LogP contribution in [0, 0.1) is 0 Å². The molecule has 0 fully saturated rings. The van der Waals surface area contributed by atoms with Gasteiger partial charge in [-0.15, -0.1) is 0 Å². The largest absolute Gasteiger partial charge is 0.347 e. The third-order valence-corrected chi connectivity index (χ3v) is 1.95. The van der Waals surface area contributed by atoms with E-state index >= 15 is 0 Å². The van der Waals surface area contributed by atoms with Gasteiger partial charge in [-0.2, -0.15) is 0 Å². The van der Waals surface area contributed by atoms with E-state index in [1.807, 2.05) is 6.92 Å². The summed E-state index contributed by atoms with van der Waals surface area (Å²) in [5.74, 6) is -0.420. The van der Waals surface area contributed by atoms with Crippen molar-refractivity contribution in [1.82, 2.24) is 10.2 Å². The molecule has 5 nitrogen and oxygen atoms in total. The molecule has 0 spiro atoms. The topological polar surface area (TPSA) is 75.4 Å². The van der Waals surface area contributed by atoms with Gasteiger partial charge in [0, 0.05) is 14.1 Å². The smallest absolute Gasteiger partial charge is 0.244 e. The van der Waals surface area contributed by atoms with Crippen molar-refractivity contribution in [3.63, 3.8) is 0 Å². The number of hydrogen-bond donors (Lipinski definition) is 2. The molecule has 0 aliphatic heterocycles. The fourth-order valence-corrected chi connectivity index (χ4v) is 0.955. The van der Waals surface area contributed by atoms with Gasteiger partial charge in [-0.1, -0.05) is 6.92 Å². The normalized spacial score (nSPS) is 14.4. The summed E-state index contributed by atoms with van der Waals surface area (Å²) in [5.41, 5.74) is 5.50. The van der Waals surface area contributed by atoms with E-state index in [0.717, 1.165) is 0 Å². The van der Waals surface area contributed by atoms with Crippen LogP contribution in [-0.2, 0) is 9.59 Å². The van der Waals surface area contributed by atoms with E-state index in [0.29, 0.717) is 6.42 Å². The molecular formula is C9H19N3O2. The van der Waals surface area contributed by atoms with E-state index in [2.05, 4.69) is 5.32 Å². The molecule has 3 N–H and O–H groups in total. The first-order chi connectivity index (χ1) is 6.40. The summed E-state index contributed by atoms with van der Waals surface area (Å²) in [6.45, 7) is 3.46. The van der Waals surface area contributed by atoms with Crippen molar-refractivity contribution in [3.05, 3.63) is 0 Å². The van der Waals surface area contributed by atoms with Gasteiger partial charge in [0.1, 0.15) is 6.04 Å².